The molecule has 1 aliphatic heterocycles. The van der Waals surface area contributed by atoms with Crippen molar-refractivity contribution < 1.29 is 14.3 Å². The number of aromatic nitrogens is 2. The lowest BCUT2D eigenvalue weighted by molar-refractivity contribution is -0.0153. The van der Waals surface area contributed by atoms with Crippen LogP contribution in [-0.4, -0.2) is 41.2 Å². The fourth-order valence-electron chi connectivity index (χ4n) is 3.01. The maximum absolute atomic E-state index is 12.6. The number of H-pyrrole nitrogens is 1. The standard InChI is InChI=1S/C19H19N3O3/c23-19(16-11-13-5-1-2-6-14(13)21-16)22-15-8-10-24-12-17(15)25-18-7-3-4-9-20-18/h1-7,9,11,15,17,21H,8,10,12H2,(H,22,23)/t15-,17-/m1/s1. The summed E-state index contributed by atoms with van der Waals surface area (Å²) in [5.74, 6) is 0.389. The highest BCUT2D eigenvalue weighted by Gasteiger charge is 2.29. The molecular weight excluding hydrogens is 318 g/mol. The van der Waals surface area contributed by atoms with Gasteiger partial charge in [-0.05, 0) is 24.6 Å². The van der Waals surface area contributed by atoms with E-state index >= 15 is 0 Å². The highest BCUT2D eigenvalue weighted by molar-refractivity contribution is 5.98. The molecule has 4 rings (SSSR count). The first-order valence-electron chi connectivity index (χ1n) is 8.33. The molecule has 128 valence electrons. The maximum atomic E-state index is 12.6. The number of hydrogen-bond donors (Lipinski definition) is 2. The highest BCUT2D eigenvalue weighted by Crippen LogP contribution is 2.18. The average Bonchev–Trinajstić information content (AvgIpc) is 3.09. The Hall–Kier alpha value is -2.86. The summed E-state index contributed by atoms with van der Waals surface area (Å²) in [7, 11) is 0. The van der Waals surface area contributed by atoms with E-state index in [0.717, 1.165) is 10.9 Å². The van der Waals surface area contributed by atoms with E-state index in [1.165, 1.54) is 0 Å². The summed E-state index contributed by atoms with van der Waals surface area (Å²) >= 11 is 0. The molecule has 2 aromatic heterocycles. The Morgan fingerprint density at radius 3 is 2.96 bits per heavy atom. The van der Waals surface area contributed by atoms with E-state index in [1.807, 2.05) is 42.5 Å². The van der Waals surface area contributed by atoms with E-state index in [0.29, 0.717) is 31.2 Å². The number of ether oxygens (including phenoxy) is 2. The van der Waals surface area contributed by atoms with Crippen LogP contribution in [0.3, 0.4) is 0 Å². The van der Waals surface area contributed by atoms with Crippen molar-refractivity contribution >= 4 is 16.8 Å². The molecule has 3 heterocycles. The third kappa shape index (κ3) is 3.49. The van der Waals surface area contributed by atoms with Gasteiger partial charge in [0, 0.05) is 29.8 Å². The Balaban J connectivity index is 1.48. The number of nitrogens with zero attached hydrogens (tertiary/aromatic N) is 1. The number of hydrogen-bond acceptors (Lipinski definition) is 4. The van der Waals surface area contributed by atoms with Crippen molar-refractivity contribution in [1.82, 2.24) is 15.3 Å². The number of aromatic amines is 1. The summed E-state index contributed by atoms with van der Waals surface area (Å²) in [5.41, 5.74) is 1.49. The van der Waals surface area contributed by atoms with E-state index in [-0.39, 0.29) is 18.1 Å². The minimum atomic E-state index is -0.267. The smallest absolute Gasteiger partial charge is 0.268 e. The second kappa shape index (κ2) is 6.94. The van der Waals surface area contributed by atoms with Crippen LogP contribution in [-0.2, 0) is 4.74 Å². The van der Waals surface area contributed by atoms with E-state index in [9.17, 15) is 4.79 Å². The summed E-state index contributed by atoms with van der Waals surface area (Å²) in [6, 6.07) is 15.0. The molecule has 2 atom stereocenters. The zero-order valence-electron chi connectivity index (χ0n) is 13.6. The Morgan fingerprint density at radius 2 is 2.12 bits per heavy atom. The number of rotatable bonds is 4. The number of benzene rings is 1. The number of fused-ring (bicyclic) bond motifs is 1. The highest BCUT2D eigenvalue weighted by atomic mass is 16.5. The molecule has 1 fully saturated rings. The molecule has 1 amide bonds. The molecule has 1 aliphatic rings. The van der Waals surface area contributed by atoms with Gasteiger partial charge in [0.05, 0.1) is 12.6 Å². The fraction of sp³-hybridized carbons (Fsp3) is 0.263. The molecular formula is C19H19N3O3. The second-order valence-electron chi connectivity index (χ2n) is 6.04. The molecule has 25 heavy (non-hydrogen) atoms. The van der Waals surface area contributed by atoms with Gasteiger partial charge in [-0.3, -0.25) is 4.79 Å². The molecule has 2 N–H and O–H groups in total. The van der Waals surface area contributed by atoms with Gasteiger partial charge in [0.1, 0.15) is 11.8 Å². The Bertz CT molecular complexity index is 829. The molecule has 0 bridgehead atoms. The normalized spacial score (nSPS) is 20.3. The van der Waals surface area contributed by atoms with Crippen molar-refractivity contribution in [2.24, 2.45) is 0 Å². The van der Waals surface area contributed by atoms with Crippen molar-refractivity contribution in [3.05, 3.63) is 60.4 Å². The third-order valence-corrected chi connectivity index (χ3v) is 4.31. The number of pyridine rings is 1. The van der Waals surface area contributed by atoms with Crippen LogP contribution in [0.25, 0.3) is 10.9 Å². The Kier molecular flexibility index (Phi) is 4.35. The SMILES string of the molecule is O=C(N[C@@H]1CCOC[C@H]1Oc1ccccn1)c1cc2ccccc2[nH]1. The van der Waals surface area contributed by atoms with Crippen LogP contribution in [0, 0.1) is 0 Å². The monoisotopic (exact) mass is 337 g/mol. The number of carbonyl (C=O) groups excluding carboxylic acids is 1. The lowest BCUT2D eigenvalue weighted by Crippen LogP contribution is -2.51. The van der Waals surface area contributed by atoms with E-state index < -0.39 is 0 Å². The van der Waals surface area contributed by atoms with Crippen molar-refractivity contribution in [2.75, 3.05) is 13.2 Å². The molecule has 1 aromatic carbocycles. The number of carbonyl (C=O) groups is 1. The molecule has 0 saturated carbocycles. The topological polar surface area (TPSA) is 76.2 Å². The van der Waals surface area contributed by atoms with Gasteiger partial charge in [-0.1, -0.05) is 24.3 Å². The predicted molar refractivity (Wildman–Crippen MR) is 93.6 cm³/mol. The van der Waals surface area contributed by atoms with Gasteiger partial charge in [-0.25, -0.2) is 4.98 Å². The lowest BCUT2D eigenvalue weighted by atomic mass is 10.1. The van der Waals surface area contributed by atoms with Crippen LogP contribution in [0.4, 0.5) is 0 Å². The van der Waals surface area contributed by atoms with Gasteiger partial charge in [0.25, 0.3) is 5.91 Å². The second-order valence-corrected chi connectivity index (χ2v) is 6.04. The molecule has 3 aromatic rings. The fourth-order valence-corrected chi connectivity index (χ4v) is 3.01. The molecule has 0 unspecified atom stereocenters. The molecule has 6 nitrogen and oxygen atoms in total. The molecule has 6 heteroatoms. The summed E-state index contributed by atoms with van der Waals surface area (Å²) in [6.45, 7) is 1.02. The summed E-state index contributed by atoms with van der Waals surface area (Å²) in [6.07, 6.45) is 2.11. The van der Waals surface area contributed by atoms with Crippen LogP contribution in [0.15, 0.2) is 54.7 Å². The van der Waals surface area contributed by atoms with Crippen LogP contribution in [0.1, 0.15) is 16.9 Å². The maximum Gasteiger partial charge on any atom is 0.268 e. The molecule has 0 spiro atoms. The number of nitrogens with one attached hydrogen (secondary N) is 2. The van der Waals surface area contributed by atoms with Gasteiger partial charge >= 0.3 is 0 Å². The zero-order chi connectivity index (χ0) is 17.1. The van der Waals surface area contributed by atoms with Crippen molar-refractivity contribution in [3.8, 4) is 5.88 Å². The summed E-state index contributed by atoms with van der Waals surface area (Å²) < 4.78 is 11.4. The quantitative estimate of drug-likeness (QED) is 0.767. The Morgan fingerprint density at radius 1 is 1.24 bits per heavy atom. The summed E-state index contributed by atoms with van der Waals surface area (Å²) in [4.78, 5) is 20.0. The van der Waals surface area contributed by atoms with Gasteiger partial charge in [-0.2, -0.15) is 0 Å². The average molecular weight is 337 g/mol. The van der Waals surface area contributed by atoms with E-state index in [1.54, 1.807) is 12.3 Å². The molecule has 0 radical (unpaired) electrons. The first kappa shape index (κ1) is 15.7. The van der Waals surface area contributed by atoms with Crippen LogP contribution in [0.5, 0.6) is 5.88 Å². The van der Waals surface area contributed by atoms with Gasteiger partial charge < -0.3 is 19.8 Å². The van der Waals surface area contributed by atoms with Crippen LogP contribution >= 0.6 is 0 Å². The van der Waals surface area contributed by atoms with Crippen molar-refractivity contribution in [3.63, 3.8) is 0 Å². The number of para-hydroxylation sites is 1. The first-order valence-corrected chi connectivity index (χ1v) is 8.33. The van der Waals surface area contributed by atoms with Crippen molar-refractivity contribution in [2.45, 2.75) is 18.6 Å². The minimum Gasteiger partial charge on any atom is -0.470 e. The van der Waals surface area contributed by atoms with Crippen molar-refractivity contribution in [1.29, 1.82) is 0 Å². The third-order valence-electron chi connectivity index (χ3n) is 4.31. The first-order chi connectivity index (χ1) is 12.3. The van der Waals surface area contributed by atoms with Gasteiger partial charge in [0.15, 0.2) is 0 Å². The zero-order valence-corrected chi connectivity index (χ0v) is 13.6. The minimum absolute atomic E-state index is 0.130. The molecule has 0 aliphatic carbocycles. The van der Waals surface area contributed by atoms with E-state index in [2.05, 4.69) is 15.3 Å². The van der Waals surface area contributed by atoms with Crippen LogP contribution in [0.2, 0.25) is 0 Å². The summed E-state index contributed by atoms with van der Waals surface area (Å²) in [5, 5.41) is 4.08. The predicted octanol–water partition coefficient (Wildman–Crippen LogP) is 2.53. The number of amides is 1. The lowest BCUT2D eigenvalue weighted by Gasteiger charge is -2.31. The molecule has 1 saturated heterocycles. The van der Waals surface area contributed by atoms with Gasteiger partial charge in [0.2, 0.25) is 5.88 Å². The Labute approximate surface area is 145 Å². The van der Waals surface area contributed by atoms with Gasteiger partial charge in [-0.15, -0.1) is 0 Å². The van der Waals surface area contributed by atoms with E-state index in [4.69, 9.17) is 9.47 Å². The largest absolute Gasteiger partial charge is 0.470 e. The van der Waals surface area contributed by atoms with Crippen LogP contribution < -0.4 is 10.1 Å².